The average molecular weight is 209 g/mol. The van der Waals surface area contributed by atoms with Crippen molar-refractivity contribution in [1.29, 1.82) is 0 Å². The van der Waals surface area contributed by atoms with Crippen molar-refractivity contribution in [2.75, 3.05) is 0 Å². The van der Waals surface area contributed by atoms with E-state index in [-0.39, 0.29) is 18.0 Å². The van der Waals surface area contributed by atoms with E-state index >= 15 is 0 Å². The van der Waals surface area contributed by atoms with Crippen LogP contribution in [-0.4, -0.2) is 12.1 Å². The molecule has 15 heavy (non-hydrogen) atoms. The molecule has 0 radical (unpaired) electrons. The zero-order valence-electron chi connectivity index (χ0n) is 8.87. The molecular weight excluding hydrogens is 193 g/mol. The molecule has 1 aliphatic rings. The minimum Gasteiger partial charge on any atom is -0.490 e. The molecule has 2 atom stereocenters. The highest BCUT2D eigenvalue weighted by molar-refractivity contribution is 5.29. The summed E-state index contributed by atoms with van der Waals surface area (Å²) in [6.07, 6.45) is 3.11. The molecular formula is C12H16FNO. The van der Waals surface area contributed by atoms with Gasteiger partial charge in [0.15, 0.2) is 0 Å². The first-order valence-electron chi connectivity index (χ1n) is 5.33. The van der Waals surface area contributed by atoms with Gasteiger partial charge in [-0.05, 0) is 49.9 Å². The number of hydrogen-bond donors (Lipinski definition) is 1. The van der Waals surface area contributed by atoms with Gasteiger partial charge in [0.05, 0.1) is 0 Å². The van der Waals surface area contributed by atoms with Crippen molar-refractivity contribution in [2.45, 2.75) is 38.3 Å². The molecule has 0 amide bonds. The van der Waals surface area contributed by atoms with E-state index in [4.69, 9.17) is 10.5 Å². The summed E-state index contributed by atoms with van der Waals surface area (Å²) >= 11 is 0. The van der Waals surface area contributed by atoms with Gasteiger partial charge >= 0.3 is 0 Å². The van der Waals surface area contributed by atoms with Crippen LogP contribution in [0.5, 0.6) is 5.75 Å². The van der Waals surface area contributed by atoms with Crippen molar-refractivity contribution in [3.8, 4) is 5.75 Å². The zero-order chi connectivity index (χ0) is 10.8. The molecule has 1 fully saturated rings. The topological polar surface area (TPSA) is 35.2 Å². The third kappa shape index (κ3) is 2.48. The third-order valence-electron chi connectivity index (χ3n) is 2.86. The van der Waals surface area contributed by atoms with Gasteiger partial charge < -0.3 is 10.5 Å². The van der Waals surface area contributed by atoms with Crippen LogP contribution in [0.15, 0.2) is 18.2 Å². The lowest BCUT2D eigenvalue weighted by molar-refractivity contribution is 0.208. The normalized spacial score (nSPS) is 25.5. The van der Waals surface area contributed by atoms with Crippen LogP contribution in [0.25, 0.3) is 0 Å². The Balaban J connectivity index is 2.02. The molecule has 0 spiro atoms. The second kappa shape index (κ2) is 4.19. The van der Waals surface area contributed by atoms with Gasteiger partial charge in [-0.25, -0.2) is 4.39 Å². The van der Waals surface area contributed by atoms with Crippen LogP contribution in [0.2, 0.25) is 0 Å². The molecule has 1 aliphatic carbocycles. The number of halogens is 1. The molecule has 0 aromatic heterocycles. The summed E-state index contributed by atoms with van der Waals surface area (Å²) in [5.74, 6) is 0.554. The van der Waals surface area contributed by atoms with E-state index in [1.54, 1.807) is 19.1 Å². The lowest BCUT2D eigenvalue weighted by Gasteiger charge is -2.13. The Morgan fingerprint density at radius 1 is 1.40 bits per heavy atom. The Bertz CT molecular complexity index is 353. The fourth-order valence-electron chi connectivity index (χ4n) is 1.96. The maximum absolute atomic E-state index is 13.0. The maximum Gasteiger partial charge on any atom is 0.126 e. The lowest BCUT2D eigenvalue weighted by Crippen LogP contribution is -2.19. The Morgan fingerprint density at radius 2 is 2.20 bits per heavy atom. The molecule has 2 rings (SSSR count). The number of rotatable bonds is 2. The van der Waals surface area contributed by atoms with Crippen LogP contribution >= 0.6 is 0 Å². The molecule has 2 unspecified atom stereocenters. The molecule has 2 nitrogen and oxygen atoms in total. The van der Waals surface area contributed by atoms with Gasteiger partial charge in [-0.3, -0.25) is 0 Å². The highest BCUT2D eigenvalue weighted by Crippen LogP contribution is 2.24. The summed E-state index contributed by atoms with van der Waals surface area (Å²) in [6.45, 7) is 1.74. The molecule has 0 heterocycles. The third-order valence-corrected chi connectivity index (χ3v) is 2.86. The van der Waals surface area contributed by atoms with Crippen molar-refractivity contribution >= 4 is 0 Å². The Kier molecular flexibility index (Phi) is 2.91. The smallest absolute Gasteiger partial charge is 0.126 e. The minimum atomic E-state index is -0.189. The van der Waals surface area contributed by atoms with Gasteiger partial charge in [-0.15, -0.1) is 0 Å². The molecule has 0 aliphatic heterocycles. The van der Waals surface area contributed by atoms with Gasteiger partial charge in [-0.2, -0.15) is 0 Å². The Labute approximate surface area is 89.2 Å². The van der Waals surface area contributed by atoms with E-state index in [1.165, 1.54) is 6.07 Å². The zero-order valence-corrected chi connectivity index (χ0v) is 8.87. The molecule has 2 N–H and O–H groups in total. The molecule has 3 heteroatoms. The summed E-state index contributed by atoms with van der Waals surface area (Å²) in [4.78, 5) is 0. The van der Waals surface area contributed by atoms with Gasteiger partial charge in [0.2, 0.25) is 0 Å². The summed E-state index contributed by atoms with van der Waals surface area (Å²) in [6, 6.07) is 5.11. The Hall–Kier alpha value is -1.09. The van der Waals surface area contributed by atoms with E-state index < -0.39 is 0 Å². The predicted molar refractivity (Wildman–Crippen MR) is 57.4 cm³/mol. The second-order valence-corrected chi connectivity index (χ2v) is 4.22. The standard InChI is InChI=1S/C12H16FNO/c1-8-6-10(4-5-12(8)13)15-11-3-2-9(14)7-11/h4-6,9,11H,2-3,7,14H2,1H3. The van der Waals surface area contributed by atoms with Crippen LogP contribution in [0.4, 0.5) is 4.39 Å². The number of hydrogen-bond acceptors (Lipinski definition) is 2. The Morgan fingerprint density at radius 3 is 2.80 bits per heavy atom. The monoisotopic (exact) mass is 209 g/mol. The van der Waals surface area contributed by atoms with Crippen LogP contribution in [0.1, 0.15) is 24.8 Å². The highest BCUT2D eigenvalue weighted by Gasteiger charge is 2.23. The van der Waals surface area contributed by atoms with Crippen molar-refractivity contribution in [3.63, 3.8) is 0 Å². The van der Waals surface area contributed by atoms with E-state index in [2.05, 4.69) is 0 Å². The minimum absolute atomic E-state index is 0.189. The summed E-state index contributed by atoms with van der Waals surface area (Å²) < 4.78 is 18.7. The fraction of sp³-hybridized carbons (Fsp3) is 0.500. The molecule has 82 valence electrons. The second-order valence-electron chi connectivity index (χ2n) is 4.22. The summed E-state index contributed by atoms with van der Waals surface area (Å²) in [5.41, 5.74) is 6.41. The van der Waals surface area contributed by atoms with E-state index in [9.17, 15) is 4.39 Å². The molecule has 1 saturated carbocycles. The first kappa shape index (κ1) is 10.4. The quantitative estimate of drug-likeness (QED) is 0.811. The van der Waals surface area contributed by atoms with Gasteiger partial charge in [0.1, 0.15) is 17.7 Å². The lowest BCUT2D eigenvalue weighted by atomic mass is 10.2. The van der Waals surface area contributed by atoms with Gasteiger partial charge in [-0.1, -0.05) is 0 Å². The maximum atomic E-state index is 13.0. The SMILES string of the molecule is Cc1cc(OC2CCC(N)C2)ccc1F. The number of benzene rings is 1. The predicted octanol–water partition coefficient (Wildman–Crippen LogP) is 2.39. The van der Waals surface area contributed by atoms with Gasteiger partial charge in [0.25, 0.3) is 0 Å². The largest absolute Gasteiger partial charge is 0.490 e. The van der Waals surface area contributed by atoms with Crippen molar-refractivity contribution < 1.29 is 9.13 Å². The van der Waals surface area contributed by atoms with Crippen molar-refractivity contribution in [1.82, 2.24) is 0 Å². The summed E-state index contributed by atoms with van der Waals surface area (Å²) in [5, 5.41) is 0. The molecule has 1 aromatic rings. The number of nitrogens with two attached hydrogens (primary N) is 1. The summed E-state index contributed by atoms with van der Waals surface area (Å²) in [7, 11) is 0. The molecule has 0 saturated heterocycles. The molecule has 1 aromatic carbocycles. The fourth-order valence-corrected chi connectivity index (χ4v) is 1.96. The average Bonchev–Trinajstić information content (AvgIpc) is 2.58. The van der Waals surface area contributed by atoms with Crippen LogP contribution in [0.3, 0.4) is 0 Å². The molecule has 0 bridgehead atoms. The first-order chi connectivity index (χ1) is 7.15. The first-order valence-corrected chi connectivity index (χ1v) is 5.33. The van der Waals surface area contributed by atoms with Gasteiger partial charge in [0, 0.05) is 6.04 Å². The number of ether oxygens (including phenoxy) is 1. The van der Waals surface area contributed by atoms with E-state index in [1.807, 2.05) is 0 Å². The van der Waals surface area contributed by atoms with E-state index in [0.717, 1.165) is 25.0 Å². The van der Waals surface area contributed by atoms with Crippen LogP contribution in [-0.2, 0) is 0 Å². The van der Waals surface area contributed by atoms with Crippen LogP contribution in [0, 0.1) is 12.7 Å². The van der Waals surface area contributed by atoms with Crippen LogP contribution < -0.4 is 10.5 Å². The van der Waals surface area contributed by atoms with Crippen molar-refractivity contribution in [3.05, 3.63) is 29.6 Å². The van der Waals surface area contributed by atoms with Crippen molar-refractivity contribution in [2.24, 2.45) is 5.73 Å². The highest BCUT2D eigenvalue weighted by atomic mass is 19.1. The van der Waals surface area contributed by atoms with E-state index in [0.29, 0.717) is 5.56 Å². The number of aryl methyl sites for hydroxylation is 1.